The molecule has 6 heteroatoms. The average Bonchev–Trinajstić information content (AvgIpc) is 2.47. The molecule has 1 aliphatic heterocycles. The molecule has 15 heavy (non-hydrogen) atoms. The second-order valence-corrected chi connectivity index (χ2v) is 6.58. The van der Waals surface area contributed by atoms with Crippen LogP contribution in [0.15, 0.2) is 0 Å². The lowest BCUT2D eigenvalue weighted by Gasteiger charge is -2.23. The van der Waals surface area contributed by atoms with Crippen molar-refractivity contribution in [2.75, 3.05) is 19.6 Å². The van der Waals surface area contributed by atoms with Gasteiger partial charge in [-0.15, -0.1) is 0 Å². The summed E-state index contributed by atoms with van der Waals surface area (Å²) in [4.78, 5) is 0. The van der Waals surface area contributed by atoms with Crippen LogP contribution in [0.5, 0.6) is 0 Å². The van der Waals surface area contributed by atoms with Gasteiger partial charge < -0.3 is 5.73 Å². The number of nitrogens with zero attached hydrogens (tertiary/aromatic N) is 1. The molecule has 1 rings (SSSR count). The van der Waals surface area contributed by atoms with Gasteiger partial charge in [0.1, 0.15) is 0 Å². The summed E-state index contributed by atoms with van der Waals surface area (Å²) in [6.07, 6.45) is 0.836. The van der Waals surface area contributed by atoms with Crippen molar-refractivity contribution >= 4 is 10.2 Å². The minimum atomic E-state index is -3.31. The fraction of sp³-hybridized carbons (Fsp3) is 1.00. The van der Waals surface area contributed by atoms with E-state index in [2.05, 4.69) is 4.72 Å². The van der Waals surface area contributed by atoms with Gasteiger partial charge in [0.15, 0.2) is 0 Å². The Morgan fingerprint density at radius 3 is 2.53 bits per heavy atom. The maximum atomic E-state index is 11.8. The smallest absolute Gasteiger partial charge is 0.279 e. The number of nitrogens with one attached hydrogen (secondary N) is 1. The highest BCUT2D eigenvalue weighted by molar-refractivity contribution is 7.87. The monoisotopic (exact) mass is 235 g/mol. The van der Waals surface area contributed by atoms with Crippen LogP contribution < -0.4 is 10.5 Å². The van der Waals surface area contributed by atoms with Crippen LogP contribution in [0.1, 0.15) is 27.2 Å². The Hall–Kier alpha value is -0.170. The van der Waals surface area contributed by atoms with Gasteiger partial charge >= 0.3 is 0 Å². The van der Waals surface area contributed by atoms with Gasteiger partial charge in [-0.25, -0.2) is 0 Å². The van der Waals surface area contributed by atoms with Gasteiger partial charge in [0, 0.05) is 19.1 Å². The van der Waals surface area contributed by atoms with Crippen molar-refractivity contribution in [2.24, 2.45) is 11.1 Å². The Bertz CT molecular complexity index is 315. The highest BCUT2D eigenvalue weighted by Gasteiger charge is 2.38. The maximum Gasteiger partial charge on any atom is 0.279 e. The number of rotatable bonds is 4. The Morgan fingerprint density at radius 1 is 1.53 bits per heavy atom. The topological polar surface area (TPSA) is 75.4 Å². The van der Waals surface area contributed by atoms with E-state index in [0.29, 0.717) is 19.6 Å². The average molecular weight is 235 g/mol. The zero-order valence-corrected chi connectivity index (χ0v) is 10.5. The third-order valence-electron chi connectivity index (χ3n) is 2.74. The van der Waals surface area contributed by atoms with Gasteiger partial charge in [0.2, 0.25) is 0 Å². The molecule has 5 nitrogen and oxygen atoms in total. The van der Waals surface area contributed by atoms with Gasteiger partial charge in [-0.1, -0.05) is 6.92 Å². The first-order valence-corrected chi connectivity index (χ1v) is 6.70. The molecule has 0 aromatic carbocycles. The lowest BCUT2D eigenvalue weighted by atomic mass is 9.90. The van der Waals surface area contributed by atoms with E-state index in [0.717, 1.165) is 6.42 Å². The molecule has 0 aromatic rings. The van der Waals surface area contributed by atoms with E-state index < -0.39 is 10.2 Å². The van der Waals surface area contributed by atoms with Crippen LogP contribution in [0, 0.1) is 5.41 Å². The number of hydrogen-bond acceptors (Lipinski definition) is 3. The fourth-order valence-corrected chi connectivity index (χ4v) is 3.28. The summed E-state index contributed by atoms with van der Waals surface area (Å²) in [6.45, 7) is 7.27. The highest BCUT2D eigenvalue weighted by Crippen LogP contribution is 2.29. The Balaban J connectivity index is 2.68. The summed E-state index contributed by atoms with van der Waals surface area (Å²) in [5, 5.41) is 0. The van der Waals surface area contributed by atoms with Crippen LogP contribution in [0.2, 0.25) is 0 Å². The van der Waals surface area contributed by atoms with Crippen molar-refractivity contribution in [3.8, 4) is 0 Å². The van der Waals surface area contributed by atoms with Gasteiger partial charge in [-0.2, -0.15) is 17.4 Å². The normalized spacial score (nSPS) is 28.9. The minimum absolute atomic E-state index is 0.0638. The van der Waals surface area contributed by atoms with E-state index in [1.54, 1.807) is 0 Å². The summed E-state index contributed by atoms with van der Waals surface area (Å²) in [5.41, 5.74) is 5.57. The molecule has 0 aliphatic carbocycles. The molecule has 1 heterocycles. The molecule has 0 radical (unpaired) electrons. The zero-order chi connectivity index (χ0) is 11.7. The van der Waals surface area contributed by atoms with Gasteiger partial charge in [-0.05, 0) is 32.2 Å². The van der Waals surface area contributed by atoms with E-state index >= 15 is 0 Å². The second kappa shape index (κ2) is 4.37. The van der Waals surface area contributed by atoms with Crippen LogP contribution >= 0.6 is 0 Å². The van der Waals surface area contributed by atoms with E-state index in [1.165, 1.54) is 4.31 Å². The third kappa shape index (κ3) is 3.14. The predicted molar refractivity (Wildman–Crippen MR) is 60.5 cm³/mol. The molecular formula is C9H21N3O2S. The summed E-state index contributed by atoms with van der Waals surface area (Å²) < 4.78 is 27.7. The summed E-state index contributed by atoms with van der Waals surface area (Å²) >= 11 is 0. The van der Waals surface area contributed by atoms with Crippen molar-refractivity contribution in [3.63, 3.8) is 0 Å². The van der Waals surface area contributed by atoms with Crippen LogP contribution in [-0.2, 0) is 10.2 Å². The Morgan fingerprint density at radius 2 is 2.13 bits per heavy atom. The zero-order valence-electron chi connectivity index (χ0n) is 9.66. The molecule has 0 saturated carbocycles. The Labute approximate surface area is 92.2 Å². The van der Waals surface area contributed by atoms with E-state index in [-0.39, 0.29) is 11.5 Å². The van der Waals surface area contributed by atoms with E-state index in [1.807, 2.05) is 20.8 Å². The third-order valence-corrected chi connectivity index (χ3v) is 4.50. The molecule has 1 atom stereocenters. The molecule has 0 aromatic heterocycles. The molecule has 1 fully saturated rings. The van der Waals surface area contributed by atoms with Crippen molar-refractivity contribution in [2.45, 2.75) is 33.2 Å². The first kappa shape index (κ1) is 12.9. The molecule has 0 spiro atoms. The van der Waals surface area contributed by atoms with Crippen molar-refractivity contribution < 1.29 is 8.42 Å². The van der Waals surface area contributed by atoms with E-state index in [9.17, 15) is 8.42 Å². The highest BCUT2D eigenvalue weighted by atomic mass is 32.2. The number of nitrogens with two attached hydrogens (primary N) is 1. The van der Waals surface area contributed by atoms with Crippen LogP contribution in [0.25, 0.3) is 0 Å². The van der Waals surface area contributed by atoms with Gasteiger partial charge in [0.25, 0.3) is 10.2 Å². The molecule has 90 valence electrons. The second-order valence-electron chi connectivity index (χ2n) is 4.88. The lowest BCUT2D eigenvalue weighted by Crippen LogP contribution is -2.43. The van der Waals surface area contributed by atoms with Crippen molar-refractivity contribution in [1.82, 2.24) is 9.03 Å². The molecule has 0 bridgehead atoms. The molecule has 1 aliphatic rings. The molecule has 1 unspecified atom stereocenters. The van der Waals surface area contributed by atoms with Crippen molar-refractivity contribution in [1.29, 1.82) is 0 Å². The van der Waals surface area contributed by atoms with Crippen LogP contribution in [0.3, 0.4) is 0 Å². The first-order chi connectivity index (χ1) is 6.79. The SMILES string of the molecule is CC(C)NS(=O)(=O)N1CCC(C)(CN)C1. The number of hydrogen-bond donors (Lipinski definition) is 2. The standard InChI is InChI=1S/C9H21N3O2S/c1-8(2)11-15(13,14)12-5-4-9(3,6-10)7-12/h8,11H,4-7,10H2,1-3H3. The molecular weight excluding hydrogens is 214 g/mol. The van der Waals surface area contributed by atoms with Gasteiger partial charge in [0.05, 0.1) is 0 Å². The van der Waals surface area contributed by atoms with Crippen LogP contribution in [0.4, 0.5) is 0 Å². The summed E-state index contributed by atoms with van der Waals surface area (Å²) in [7, 11) is -3.31. The molecule has 3 N–H and O–H groups in total. The quantitative estimate of drug-likeness (QED) is 0.714. The largest absolute Gasteiger partial charge is 0.330 e. The fourth-order valence-electron chi connectivity index (χ4n) is 1.72. The van der Waals surface area contributed by atoms with Gasteiger partial charge in [-0.3, -0.25) is 0 Å². The van der Waals surface area contributed by atoms with Crippen molar-refractivity contribution in [3.05, 3.63) is 0 Å². The molecule has 0 amide bonds. The lowest BCUT2D eigenvalue weighted by molar-refractivity contribution is 0.347. The molecule has 1 saturated heterocycles. The van der Waals surface area contributed by atoms with E-state index in [4.69, 9.17) is 5.73 Å². The minimum Gasteiger partial charge on any atom is -0.330 e. The first-order valence-electron chi connectivity index (χ1n) is 5.26. The maximum absolute atomic E-state index is 11.8. The summed E-state index contributed by atoms with van der Waals surface area (Å²) in [6, 6.07) is -0.0697. The Kier molecular flexibility index (Phi) is 3.76. The van der Waals surface area contributed by atoms with Crippen LogP contribution in [-0.4, -0.2) is 38.4 Å². The summed E-state index contributed by atoms with van der Waals surface area (Å²) in [5.74, 6) is 0. The predicted octanol–water partition coefficient (Wildman–Crippen LogP) is -0.100.